The quantitative estimate of drug-likeness (QED) is 0.788. The van der Waals surface area contributed by atoms with Crippen LogP contribution >= 0.6 is 0 Å². The number of hydrogen-bond acceptors (Lipinski definition) is 2. The van der Waals surface area contributed by atoms with E-state index in [0.717, 1.165) is 12.8 Å². The fraction of sp³-hybridized carbons (Fsp3) is 0.833. The highest BCUT2D eigenvalue weighted by molar-refractivity contribution is 5.75. The molecule has 17 heavy (non-hydrogen) atoms. The molecule has 1 atom stereocenters. The highest BCUT2D eigenvalue weighted by Crippen LogP contribution is 2.17. The number of likely N-dealkylation sites (tertiary alicyclic amines) is 1. The Hall–Kier alpha value is -1.26. The van der Waals surface area contributed by atoms with Crippen molar-refractivity contribution in [2.75, 3.05) is 13.1 Å². The molecule has 0 bridgehead atoms. The van der Waals surface area contributed by atoms with Gasteiger partial charge in [-0.15, -0.1) is 0 Å². The van der Waals surface area contributed by atoms with Gasteiger partial charge in [-0.3, -0.25) is 4.79 Å². The van der Waals surface area contributed by atoms with Gasteiger partial charge in [0.05, 0.1) is 5.92 Å². The molecule has 98 valence electrons. The first kappa shape index (κ1) is 13.8. The summed E-state index contributed by atoms with van der Waals surface area (Å²) in [5.41, 5.74) is 0. The molecule has 0 spiro atoms. The molecule has 1 rings (SSSR count). The summed E-state index contributed by atoms with van der Waals surface area (Å²) in [4.78, 5) is 24.3. The molecule has 0 aliphatic carbocycles. The molecule has 2 N–H and O–H groups in total. The van der Waals surface area contributed by atoms with E-state index in [2.05, 4.69) is 12.2 Å². The van der Waals surface area contributed by atoms with Gasteiger partial charge in [-0.25, -0.2) is 4.79 Å². The third-order valence-electron chi connectivity index (χ3n) is 3.22. The number of piperidine rings is 1. The van der Waals surface area contributed by atoms with Gasteiger partial charge in [0.15, 0.2) is 0 Å². The van der Waals surface area contributed by atoms with Crippen LogP contribution in [0.5, 0.6) is 0 Å². The molecule has 1 heterocycles. The van der Waals surface area contributed by atoms with Crippen LogP contribution in [0, 0.1) is 5.92 Å². The van der Waals surface area contributed by atoms with E-state index in [0.29, 0.717) is 25.9 Å². The van der Waals surface area contributed by atoms with Gasteiger partial charge < -0.3 is 15.3 Å². The maximum absolute atomic E-state index is 11.8. The van der Waals surface area contributed by atoms with Crippen LogP contribution in [0.3, 0.4) is 0 Å². The standard InChI is InChI=1S/C12H22N2O3/c1-3-4-9(2)13-12(17)14-7-5-10(6-8-14)11(15)16/h9-10H,3-8H2,1-2H3,(H,13,17)(H,15,16). The zero-order chi connectivity index (χ0) is 12.8. The maximum Gasteiger partial charge on any atom is 0.317 e. The van der Waals surface area contributed by atoms with Gasteiger partial charge in [-0.2, -0.15) is 0 Å². The number of carbonyl (C=O) groups excluding carboxylic acids is 1. The van der Waals surface area contributed by atoms with Crippen LogP contribution in [0.1, 0.15) is 39.5 Å². The van der Waals surface area contributed by atoms with Crippen LogP contribution in [-0.4, -0.2) is 41.1 Å². The number of nitrogens with zero attached hydrogens (tertiary/aromatic N) is 1. The van der Waals surface area contributed by atoms with Gasteiger partial charge in [-0.05, 0) is 26.2 Å². The van der Waals surface area contributed by atoms with E-state index < -0.39 is 5.97 Å². The van der Waals surface area contributed by atoms with Gasteiger partial charge in [0.2, 0.25) is 0 Å². The number of carboxylic acid groups (broad SMARTS) is 1. The van der Waals surface area contributed by atoms with Crippen molar-refractivity contribution in [3.05, 3.63) is 0 Å². The Bertz CT molecular complexity index is 273. The number of aliphatic carboxylic acids is 1. The number of carbonyl (C=O) groups is 2. The summed E-state index contributed by atoms with van der Waals surface area (Å²) in [7, 11) is 0. The van der Waals surface area contributed by atoms with E-state index in [9.17, 15) is 9.59 Å². The molecule has 0 aromatic carbocycles. The normalized spacial score (nSPS) is 18.8. The van der Waals surface area contributed by atoms with Crippen molar-refractivity contribution in [3.8, 4) is 0 Å². The predicted octanol–water partition coefficient (Wildman–Crippen LogP) is 1.68. The van der Waals surface area contributed by atoms with Gasteiger partial charge in [0.1, 0.15) is 0 Å². The second kappa shape index (κ2) is 6.47. The van der Waals surface area contributed by atoms with Crippen molar-refractivity contribution in [2.45, 2.75) is 45.6 Å². The summed E-state index contributed by atoms with van der Waals surface area (Å²) in [5.74, 6) is -1.03. The van der Waals surface area contributed by atoms with Crippen LogP contribution in [0.25, 0.3) is 0 Å². The van der Waals surface area contributed by atoms with Gasteiger partial charge in [0.25, 0.3) is 0 Å². The first-order valence-electron chi connectivity index (χ1n) is 6.32. The zero-order valence-corrected chi connectivity index (χ0v) is 10.6. The molecule has 1 aliphatic heterocycles. The Labute approximate surface area is 102 Å². The van der Waals surface area contributed by atoms with E-state index in [1.807, 2.05) is 6.92 Å². The van der Waals surface area contributed by atoms with Crippen LogP contribution in [0.15, 0.2) is 0 Å². The smallest absolute Gasteiger partial charge is 0.317 e. The Balaban J connectivity index is 2.33. The summed E-state index contributed by atoms with van der Waals surface area (Å²) in [6, 6.07) is 0.125. The Kier molecular flexibility index (Phi) is 5.25. The molecular formula is C12H22N2O3. The Morgan fingerprint density at radius 3 is 2.47 bits per heavy atom. The van der Waals surface area contributed by atoms with Crippen molar-refractivity contribution >= 4 is 12.0 Å². The van der Waals surface area contributed by atoms with Crippen molar-refractivity contribution in [1.29, 1.82) is 0 Å². The number of hydrogen-bond donors (Lipinski definition) is 2. The van der Waals surface area contributed by atoms with Crippen molar-refractivity contribution in [1.82, 2.24) is 10.2 Å². The average molecular weight is 242 g/mol. The summed E-state index contributed by atoms with van der Waals surface area (Å²) >= 11 is 0. The fourth-order valence-corrected chi connectivity index (χ4v) is 2.14. The number of amides is 2. The molecule has 1 unspecified atom stereocenters. The molecular weight excluding hydrogens is 220 g/mol. The summed E-state index contributed by atoms with van der Waals surface area (Å²) in [6.45, 7) is 5.16. The number of rotatable bonds is 4. The summed E-state index contributed by atoms with van der Waals surface area (Å²) < 4.78 is 0. The molecule has 0 aromatic heterocycles. The second-order valence-corrected chi connectivity index (χ2v) is 4.74. The van der Waals surface area contributed by atoms with Crippen molar-refractivity contribution in [3.63, 3.8) is 0 Å². The molecule has 2 amide bonds. The minimum Gasteiger partial charge on any atom is -0.481 e. The van der Waals surface area contributed by atoms with Crippen LogP contribution in [0.2, 0.25) is 0 Å². The van der Waals surface area contributed by atoms with Gasteiger partial charge in [0, 0.05) is 19.1 Å². The average Bonchev–Trinajstić information content (AvgIpc) is 2.29. The first-order valence-corrected chi connectivity index (χ1v) is 6.32. The highest BCUT2D eigenvalue weighted by Gasteiger charge is 2.27. The molecule has 1 saturated heterocycles. The molecule has 5 nitrogen and oxygen atoms in total. The topological polar surface area (TPSA) is 69.6 Å². The molecule has 1 aliphatic rings. The molecule has 0 radical (unpaired) electrons. The Morgan fingerprint density at radius 2 is 2.00 bits per heavy atom. The van der Waals surface area contributed by atoms with Crippen LogP contribution in [-0.2, 0) is 4.79 Å². The number of urea groups is 1. The predicted molar refractivity (Wildman–Crippen MR) is 64.8 cm³/mol. The maximum atomic E-state index is 11.8. The van der Waals surface area contributed by atoms with Gasteiger partial charge >= 0.3 is 12.0 Å². The van der Waals surface area contributed by atoms with Crippen molar-refractivity contribution in [2.24, 2.45) is 5.92 Å². The summed E-state index contributed by atoms with van der Waals surface area (Å²) in [6.07, 6.45) is 3.13. The monoisotopic (exact) mass is 242 g/mol. The van der Waals surface area contributed by atoms with E-state index in [-0.39, 0.29) is 18.0 Å². The molecule has 0 saturated carbocycles. The lowest BCUT2D eigenvalue weighted by molar-refractivity contribution is -0.143. The van der Waals surface area contributed by atoms with Gasteiger partial charge in [-0.1, -0.05) is 13.3 Å². The minimum atomic E-state index is -0.746. The third-order valence-corrected chi connectivity index (χ3v) is 3.22. The molecule has 0 aromatic rings. The van der Waals surface area contributed by atoms with Crippen LogP contribution in [0.4, 0.5) is 4.79 Å². The number of carboxylic acids is 1. The lowest BCUT2D eigenvalue weighted by atomic mass is 9.97. The van der Waals surface area contributed by atoms with E-state index in [4.69, 9.17) is 5.11 Å². The first-order chi connectivity index (χ1) is 8.04. The highest BCUT2D eigenvalue weighted by atomic mass is 16.4. The molecule has 5 heteroatoms. The second-order valence-electron chi connectivity index (χ2n) is 4.74. The minimum absolute atomic E-state index is 0.0604. The van der Waals surface area contributed by atoms with E-state index in [1.54, 1.807) is 4.90 Å². The third kappa shape index (κ3) is 4.24. The Morgan fingerprint density at radius 1 is 1.41 bits per heavy atom. The SMILES string of the molecule is CCCC(C)NC(=O)N1CCC(C(=O)O)CC1. The van der Waals surface area contributed by atoms with Crippen molar-refractivity contribution < 1.29 is 14.7 Å². The lowest BCUT2D eigenvalue weighted by Gasteiger charge is -2.31. The zero-order valence-electron chi connectivity index (χ0n) is 10.6. The number of nitrogens with one attached hydrogen (secondary N) is 1. The lowest BCUT2D eigenvalue weighted by Crippen LogP contribution is -2.47. The van der Waals surface area contributed by atoms with Crippen LogP contribution < -0.4 is 5.32 Å². The molecule has 1 fully saturated rings. The fourth-order valence-electron chi connectivity index (χ4n) is 2.14. The van der Waals surface area contributed by atoms with E-state index in [1.165, 1.54) is 0 Å². The largest absolute Gasteiger partial charge is 0.481 e. The van der Waals surface area contributed by atoms with E-state index >= 15 is 0 Å². The summed E-state index contributed by atoms with van der Waals surface area (Å²) in [5, 5.41) is 11.8.